The fraction of sp³-hybridized carbons (Fsp3) is 0.154. The highest BCUT2D eigenvalue weighted by Gasteiger charge is 2.24. The number of ether oxygens (including phenoxy) is 2. The number of amides is 1. The number of halogens is 1. The monoisotopic (exact) mass is 478 g/mol. The van der Waals surface area contributed by atoms with Gasteiger partial charge in [0.2, 0.25) is 0 Å². The van der Waals surface area contributed by atoms with E-state index in [1.54, 1.807) is 12.1 Å². The maximum Gasteiger partial charge on any atom is 0.264 e. The van der Waals surface area contributed by atoms with Gasteiger partial charge in [-0.15, -0.1) is 0 Å². The summed E-state index contributed by atoms with van der Waals surface area (Å²) in [6, 6.07) is 21.2. The number of carbonyl (C=O) groups excluding carboxylic acids is 1. The van der Waals surface area contributed by atoms with E-state index in [9.17, 15) is 4.79 Å². The van der Waals surface area contributed by atoms with Crippen LogP contribution in [-0.2, 0) is 11.4 Å². The van der Waals surface area contributed by atoms with Crippen molar-refractivity contribution in [2.24, 2.45) is 4.99 Å². The Balaban J connectivity index is 1.55. The van der Waals surface area contributed by atoms with E-state index in [0.29, 0.717) is 39.8 Å². The molecule has 0 spiro atoms. The van der Waals surface area contributed by atoms with Gasteiger partial charge in [0.25, 0.3) is 5.91 Å². The van der Waals surface area contributed by atoms with Crippen molar-refractivity contribution in [2.45, 2.75) is 20.5 Å². The van der Waals surface area contributed by atoms with E-state index >= 15 is 0 Å². The predicted octanol–water partition coefficient (Wildman–Crippen LogP) is 6.52. The molecule has 1 heterocycles. The summed E-state index contributed by atoms with van der Waals surface area (Å²) in [5.74, 6) is 0.810. The molecule has 0 aromatic heterocycles. The zero-order valence-corrected chi connectivity index (χ0v) is 19.9. The molecule has 1 fully saturated rings. The first-order chi connectivity index (χ1) is 16.0. The molecule has 168 valence electrons. The number of aliphatic imine (C=N–C) groups is 1. The van der Waals surface area contributed by atoms with E-state index < -0.39 is 0 Å². The van der Waals surface area contributed by atoms with E-state index in [0.717, 1.165) is 16.8 Å². The highest BCUT2D eigenvalue weighted by atomic mass is 35.5. The number of rotatable bonds is 7. The Hall–Kier alpha value is -3.22. The molecule has 0 bridgehead atoms. The second-order valence-electron chi connectivity index (χ2n) is 7.35. The number of hydrogen-bond donors (Lipinski definition) is 1. The normalized spacial score (nSPS) is 15.7. The lowest BCUT2D eigenvalue weighted by Crippen LogP contribution is -2.19. The minimum absolute atomic E-state index is 0.205. The van der Waals surface area contributed by atoms with Crippen molar-refractivity contribution in [3.8, 4) is 11.5 Å². The Morgan fingerprint density at radius 2 is 1.82 bits per heavy atom. The van der Waals surface area contributed by atoms with Crippen LogP contribution in [0.1, 0.15) is 23.6 Å². The number of nitrogens with one attached hydrogen (secondary N) is 1. The highest BCUT2D eigenvalue weighted by Crippen LogP contribution is 2.39. The number of carbonyl (C=O) groups is 1. The zero-order valence-electron chi connectivity index (χ0n) is 18.3. The van der Waals surface area contributed by atoms with Crippen LogP contribution in [0.15, 0.2) is 76.6 Å². The summed E-state index contributed by atoms with van der Waals surface area (Å²) >= 11 is 7.84. The molecule has 3 aromatic carbocycles. The molecule has 0 atom stereocenters. The van der Waals surface area contributed by atoms with Crippen molar-refractivity contribution >= 4 is 46.2 Å². The van der Waals surface area contributed by atoms with E-state index in [1.165, 1.54) is 17.3 Å². The molecule has 7 heteroatoms. The maximum absolute atomic E-state index is 12.5. The molecule has 3 aromatic rings. The fourth-order valence-corrected chi connectivity index (χ4v) is 4.28. The summed E-state index contributed by atoms with van der Waals surface area (Å²) in [5, 5.41) is 3.75. The van der Waals surface area contributed by atoms with Crippen LogP contribution < -0.4 is 14.8 Å². The van der Waals surface area contributed by atoms with E-state index in [4.69, 9.17) is 21.1 Å². The third-order valence-electron chi connectivity index (χ3n) is 4.77. The molecular formula is C26H23ClN2O3S. The minimum atomic E-state index is -0.205. The Labute approximate surface area is 202 Å². The van der Waals surface area contributed by atoms with Gasteiger partial charge in [-0.05, 0) is 67.1 Å². The Morgan fingerprint density at radius 3 is 2.55 bits per heavy atom. The minimum Gasteiger partial charge on any atom is -0.490 e. The first-order valence-electron chi connectivity index (χ1n) is 10.5. The van der Waals surface area contributed by atoms with Crippen molar-refractivity contribution in [1.82, 2.24) is 5.32 Å². The van der Waals surface area contributed by atoms with E-state index in [2.05, 4.69) is 10.3 Å². The van der Waals surface area contributed by atoms with Gasteiger partial charge in [-0.25, -0.2) is 4.99 Å². The second kappa shape index (κ2) is 10.6. The Bertz CT molecular complexity index is 1210. The second-order valence-corrected chi connectivity index (χ2v) is 8.79. The molecular weight excluding hydrogens is 456 g/mol. The van der Waals surface area contributed by atoms with Gasteiger partial charge in [0.15, 0.2) is 16.7 Å². The smallest absolute Gasteiger partial charge is 0.264 e. The average molecular weight is 479 g/mol. The number of benzene rings is 3. The molecule has 0 unspecified atom stereocenters. The standard InChI is InChI=1S/C26H23ClN2O3S/c1-3-31-22-14-19(13-21(27)24(22)32-16-18-11-9-17(2)10-12-18)15-23-25(30)29-26(33-23)28-20-7-5-4-6-8-20/h4-15H,3,16H2,1-2H3,(H,28,29,30)/b23-15-. The topological polar surface area (TPSA) is 59.9 Å². The third-order valence-corrected chi connectivity index (χ3v) is 5.96. The molecule has 33 heavy (non-hydrogen) atoms. The number of para-hydroxylation sites is 1. The predicted molar refractivity (Wildman–Crippen MR) is 135 cm³/mol. The molecule has 0 aliphatic carbocycles. The Morgan fingerprint density at radius 1 is 1.06 bits per heavy atom. The van der Waals surface area contributed by atoms with Gasteiger partial charge in [0.1, 0.15) is 6.61 Å². The number of aryl methyl sites for hydroxylation is 1. The van der Waals surface area contributed by atoms with Gasteiger partial charge in [-0.1, -0.05) is 59.6 Å². The molecule has 1 saturated heterocycles. The third kappa shape index (κ3) is 5.97. The van der Waals surface area contributed by atoms with Crippen LogP contribution in [-0.4, -0.2) is 17.7 Å². The summed E-state index contributed by atoms with van der Waals surface area (Å²) < 4.78 is 11.8. The average Bonchev–Trinajstić information content (AvgIpc) is 3.13. The van der Waals surface area contributed by atoms with Gasteiger partial charge in [-0.2, -0.15) is 0 Å². The van der Waals surface area contributed by atoms with Crippen LogP contribution in [0.25, 0.3) is 6.08 Å². The highest BCUT2D eigenvalue weighted by molar-refractivity contribution is 8.18. The van der Waals surface area contributed by atoms with Crippen molar-refractivity contribution in [3.63, 3.8) is 0 Å². The number of nitrogens with zero attached hydrogens (tertiary/aromatic N) is 1. The fourth-order valence-electron chi connectivity index (χ4n) is 3.17. The van der Waals surface area contributed by atoms with Crippen LogP contribution in [0.3, 0.4) is 0 Å². The van der Waals surface area contributed by atoms with Gasteiger partial charge < -0.3 is 14.8 Å². The van der Waals surface area contributed by atoms with E-state index in [1.807, 2.05) is 74.5 Å². The van der Waals surface area contributed by atoms with Crippen molar-refractivity contribution < 1.29 is 14.3 Å². The molecule has 1 aliphatic heterocycles. The van der Waals surface area contributed by atoms with Gasteiger partial charge >= 0.3 is 0 Å². The largest absolute Gasteiger partial charge is 0.490 e. The number of thioether (sulfide) groups is 1. The van der Waals surface area contributed by atoms with Crippen LogP contribution in [0, 0.1) is 6.92 Å². The maximum atomic E-state index is 12.5. The lowest BCUT2D eigenvalue weighted by atomic mass is 10.1. The van der Waals surface area contributed by atoms with Crippen molar-refractivity contribution in [1.29, 1.82) is 0 Å². The van der Waals surface area contributed by atoms with Gasteiger partial charge in [0, 0.05) is 0 Å². The van der Waals surface area contributed by atoms with Gasteiger partial charge in [0.05, 0.1) is 22.2 Å². The molecule has 1 amide bonds. The van der Waals surface area contributed by atoms with Crippen LogP contribution in [0.4, 0.5) is 5.69 Å². The SMILES string of the molecule is CCOc1cc(/C=C2\SC(=Nc3ccccc3)NC2=O)cc(Cl)c1OCc1ccc(C)cc1. The molecule has 1 aliphatic rings. The van der Waals surface area contributed by atoms with Crippen molar-refractivity contribution in [2.75, 3.05) is 6.61 Å². The zero-order chi connectivity index (χ0) is 23.2. The number of hydrogen-bond acceptors (Lipinski definition) is 5. The molecule has 1 N–H and O–H groups in total. The molecule has 5 nitrogen and oxygen atoms in total. The van der Waals surface area contributed by atoms with Crippen LogP contribution in [0.2, 0.25) is 5.02 Å². The summed E-state index contributed by atoms with van der Waals surface area (Å²) in [6.07, 6.45) is 1.77. The Kier molecular flexibility index (Phi) is 7.37. The number of amidine groups is 1. The molecule has 4 rings (SSSR count). The van der Waals surface area contributed by atoms with Gasteiger partial charge in [-0.3, -0.25) is 4.79 Å². The quantitative estimate of drug-likeness (QED) is 0.393. The summed E-state index contributed by atoms with van der Waals surface area (Å²) in [6.45, 7) is 4.77. The van der Waals surface area contributed by atoms with Crippen LogP contribution >= 0.6 is 23.4 Å². The summed E-state index contributed by atoms with van der Waals surface area (Å²) in [7, 11) is 0. The summed E-state index contributed by atoms with van der Waals surface area (Å²) in [5.41, 5.74) is 3.74. The van der Waals surface area contributed by atoms with Crippen LogP contribution in [0.5, 0.6) is 11.5 Å². The first-order valence-corrected chi connectivity index (χ1v) is 11.7. The molecule has 0 saturated carbocycles. The first kappa shape index (κ1) is 23.0. The van der Waals surface area contributed by atoms with Crippen molar-refractivity contribution in [3.05, 3.63) is 93.3 Å². The lowest BCUT2D eigenvalue weighted by molar-refractivity contribution is -0.115. The summed E-state index contributed by atoms with van der Waals surface area (Å²) in [4.78, 5) is 17.5. The van der Waals surface area contributed by atoms with E-state index in [-0.39, 0.29) is 5.91 Å². The molecule has 0 radical (unpaired) electrons. The lowest BCUT2D eigenvalue weighted by Gasteiger charge is -2.15.